The van der Waals surface area contributed by atoms with E-state index in [1.165, 1.54) is 0 Å². The van der Waals surface area contributed by atoms with Crippen molar-refractivity contribution in [1.29, 1.82) is 5.26 Å². The lowest BCUT2D eigenvalue weighted by Crippen LogP contribution is -2.50. The summed E-state index contributed by atoms with van der Waals surface area (Å²) in [6, 6.07) is 6.81. The molecule has 1 atom stereocenters. The minimum atomic E-state index is -0.954. The summed E-state index contributed by atoms with van der Waals surface area (Å²) in [6.45, 7) is 7.35. The van der Waals surface area contributed by atoms with Gasteiger partial charge in [0.25, 0.3) is 5.91 Å². The van der Waals surface area contributed by atoms with Crippen molar-refractivity contribution >= 4 is 12.2 Å². The van der Waals surface area contributed by atoms with Crippen LogP contribution in [0.1, 0.15) is 38.1 Å². The van der Waals surface area contributed by atoms with Crippen molar-refractivity contribution in [2.24, 2.45) is 5.92 Å². The van der Waals surface area contributed by atoms with E-state index in [1.54, 1.807) is 25.1 Å². The van der Waals surface area contributed by atoms with E-state index >= 15 is 0 Å². The minimum Gasteiger partial charge on any atom is -0.490 e. The number of hydrogen-bond donors (Lipinski definition) is 1. The van der Waals surface area contributed by atoms with E-state index in [4.69, 9.17) is 9.47 Å². The molecule has 1 N–H and O–H groups in total. The Morgan fingerprint density at radius 3 is 2.61 bits per heavy atom. The number of nitriles is 1. The van der Waals surface area contributed by atoms with Crippen LogP contribution in [0, 0.1) is 17.2 Å². The number of rotatable bonds is 8. The van der Waals surface area contributed by atoms with Crippen molar-refractivity contribution in [1.82, 2.24) is 5.32 Å². The molecule has 0 aromatic heterocycles. The van der Waals surface area contributed by atoms with Crippen LogP contribution < -0.4 is 14.8 Å². The first-order valence-electron chi connectivity index (χ1n) is 7.43. The first-order chi connectivity index (χ1) is 10.9. The molecule has 1 aromatic rings. The topological polar surface area (TPSA) is 88.4 Å². The fraction of sp³-hybridized carbons (Fsp3) is 0.471. The molecule has 23 heavy (non-hydrogen) atoms. The van der Waals surface area contributed by atoms with Gasteiger partial charge < -0.3 is 14.8 Å². The first-order valence-corrected chi connectivity index (χ1v) is 7.43. The highest BCUT2D eigenvalue weighted by Gasteiger charge is 2.30. The molecular formula is C17H22N2O4. The lowest BCUT2D eigenvalue weighted by Gasteiger charge is -2.27. The Morgan fingerprint density at radius 2 is 2.09 bits per heavy atom. The van der Waals surface area contributed by atoms with E-state index in [1.807, 2.05) is 20.8 Å². The van der Waals surface area contributed by atoms with Crippen LogP contribution in [0.15, 0.2) is 18.2 Å². The molecule has 0 spiro atoms. The van der Waals surface area contributed by atoms with Crippen molar-refractivity contribution in [3.05, 3.63) is 23.8 Å². The van der Waals surface area contributed by atoms with Crippen LogP contribution in [0.2, 0.25) is 0 Å². The minimum absolute atomic E-state index is 0.0395. The highest BCUT2D eigenvalue weighted by atomic mass is 16.5. The van der Waals surface area contributed by atoms with Gasteiger partial charge in [-0.15, -0.1) is 0 Å². The molecule has 0 saturated heterocycles. The van der Waals surface area contributed by atoms with E-state index in [9.17, 15) is 14.9 Å². The summed E-state index contributed by atoms with van der Waals surface area (Å²) in [7, 11) is 0. The molecule has 0 unspecified atom stereocenters. The fourth-order valence-electron chi connectivity index (χ4n) is 1.76. The van der Waals surface area contributed by atoms with Gasteiger partial charge in [0.2, 0.25) is 0 Å². The van der Waals surface area contributed by atoms with Gasteiger partial charge in [0.1, 0.15) is 11.8 Å². The van der Waals surface area contributed by atoms with Crippen molar-refractivity contribution in [2.75, 3.05) is 13.2 Å². The van der Waals surface area contributed by atoms with Crippen molar-refractivity contribution in [3.8, 4) is 17.6 Å². The number of hydrogen-bond acceptors (Lipinski definition) is 5. The Bertz CT molecular complexity index is 607. The maximum atomic E-state index is 12.0. The van der Waals surface area contributed by atoms with Crippen molar-refractivity contribution < 1.29 is 19.1 Å². The van der Waals surface area contributed by atoms with Gasteiger partial charge in [0.05, 0.1) is 12.7 Å². The fourth-order valence-corrected chi connectivity index (χ4v) is 1.76. The molecule has 0 saturated carbocycles. The molecule has 0 aliphatic heterocycles. The van der Waals surface area contributed by atoms with Crippen LogP contribution in [-0.4, -0.2) is 30.9 Å². The molecule has 6 heteroatoms. The summed E-state index contributed by atoms with van der Waals surface area (Å²) >= 11 is 0. The zero-order valence-electron chi connectivity index (χ0n) is 13.9. The summed E-state index contributed by atoms with van der Waals surface area (Å²) in [6.07, 6.45) is 0.708. The third-order valence-electron chi connectivity index (χ3n) is 3.55. The largest absolute Gasteiger partial charge is 0.490 e. The van der Waals surface area contributed by atoms with Crippen LogP contribution >= 0.6 is 0 Å². The lowest BCUT2D eigenvalue weighted by molar-refractivity contribution is -0.124. The van der Waals surface area contributed by atoms with Crippen molar-refractivity contribution in [3.63, 3.8) is 0 Å². The zero-order valence-corrected chi connectivity index (χ0v) is 13.9. The van der Waals surface area contributed by atoms with Crippen LogP contribution in [0.25, 0.3) is 0 Å². The first kappa shape index (κ1) is 18.5. The molecule has 0 bridgehead atoms. The van der Waals surface area contributed by atoms with Gasteiger partial charge in [0.15, 0.2) is 18.1 Å². The molecule has 1 amide bonds. The number of aldehydes is 1. The lowest BCUT2D eigenvalue weighted by atomic mass is 9.90. The summed E-state index contributed by atoms with van der Waals surface area (Å²) in [4.78, 5) is 22.8. The van der Waals surface area contributed by atoms with Gasteiger partial charge in [-0.05, 0) is 38.0 Å². The van der Waals surface area contributed by atoms with E-state index < -0.39 is 11.4 Å². The van der Waals surface area contributed by atoms with Gasteiger partial charge in [-0.3, -0.25) is 9.59 Å². The molecule has 0 radical (unpaired) electrons. The number of ether oxygens (including phenoxy) is 2. The zero-order chi connectivity index (χ0) is 17.5. The predicted molar refractivity (Wildman–Crippen MR) is 85.5 cm³/mol. The van der Waals surface area contributed by atoms with E-state index in [-0.39, 0.29) is 12.5 Å². The number of nitrogens with zero attached hydrogens (tertiary/aromatic N) is 1. The molecular weight excluding hydrogens is 296 g/mol. The molecule has 6 nitrogen and oxygen atoms in total. The number of carbonyl (C=O) groups is 2. The predicted octanol–water partition coefficient (Wildman–Crippen LogP) is 2.33. The number of nitrogens with one attached hydrogen (secondary N) is 1. The van der Waals surface area contributed by atoms with Gasteiger partial charge in [-0.2, -0.15) is 5.26 Å². The molecule has 1 rings (SSSR count). The Balaban J connectivity index is 2.76. The summed E-state index contributed by atoms with van der Waals surface area (Å²) in [5, 5.41) is 11.9. The quantitative estimate of drug-likeness (QED) is 0.743. The second-order valence-electron chi connectivity index (χ2n) is 5.56. The third-order valence-corrected chi connectivity index (χ3v) is 3.55. The van der Waals surface area contributed by atoms with Gasteiger partial charge in [-0.1, -0.05) is 13.8 Å². The Kier molecular flexibility index (Phi) is 6.58. The molecule has 0 fully saturated rings. The van der Waals surface area contributed by atoms with E-state index in [2.05, 4.69) is 11.4 Å². The maximum Gasteiger partial charge on any atom is 0.259 e. The maximum absolute atomic E-state index is 12.0. The van der Waals surface area contributed by atoms with E-state index in [0.717, 1.165) is 0 Å². The molecule has 0 aliphatic carbocycles. The van der Waals surface area contributed by atoms with Crippen LogP contribution in [0.4, 0.5) is 0 Å². The second kappa shape index (κ2) is 8.18. The van der Waals surface area contributed by atoms with Crippen molar-refractivity contribution in [2.45, 2.75) is 33.2 Å². The highest BCUT2D eigenvalue weighted by Crippen LogP contribution is 2.28. The standard InChI is InChI=1S/C17H22N2O4/c1-5-22-15-8-13(9-20)6-7-14(15)23-10-16(21)19-17(4,11-18)12(2)3/h6-9,12H,5,10H2,1-4H3,(H,19,21)/t17-/m0/s1. The summed E-state index contributed by atoms with van der Waals surface area (Å²) < 4.78 is 10.9. The molecule has 124 valence electrons. The molecule has 0 aliphatic rings. The second-order valence-corrected chi connectivity index (χ2v) is 5.56. The molecule has 1 aromatic carbocycles. The Labute approximate surface area is 136 Å². The SMILES string of the molecule is CCOc1cc(C=O)ccc1OCC(=O)N[C@@](C)(C#N)C(C)C. The summed E-state index contributed by atoms with van der Waals surface area (Å²) in [5.74, 6) is 0.333. The monoisotopic (exact) mass is 318 g/mol. The van der Waals surface area contributed by atoms with Crippen LogP contribution in [0.3, 0.4) is 0 Å². The van der Waals surface area contributed by atoms with Gasteiger partial charge in [-0.25, -0.2) is 0 Å². The average Bonchev–Trinajstić information content (AvgIpc) is 2.53. The van der Waals surface area contributed by atoms with Crippen LogP contribution in [-0.2, 0) is 4.79 Å². The third kappa shape index (κ3) is 4.99. The Morgan fingerprint density at radius 1 is 1.39 bits per heavy atom. The number of amides is 1. The number of carbonyl (C=O) groups excluding carboxylic acids is 2. The van der Waals surface area contributed by atoms with Gasteiger partial charge >= 0.3 is 0 Å². The summed E-state index contributed by atoms with van der Waals surface area (Å²) in [5.41, 5.74) is -0.494. The average molecular weight is 318 g/mol. The Hall–Kier alpha value is -2.55. The molecule has 0 heterocycles. The number of benzene rings is 1. The highest BCUT2D eigenvalue weighted by molar-refractivity contribution is 5.79. The smallest absolute Gasteiger partial charge is 0.259 e. The van der Waals surface area contributed by atoms with Gasteiger partial charge in [0, 0.05) is 5.56 Å². The normalized spacial score (nSPS) is 12.9. The van der Waals surface area contributed by atoms with Crippen LogP contribution in [0.5, 0.6) is 11.5 Å². The van der Waals surface area contributed by atoms with E-state index in [0.29, 0.717) is 30.0 Å².